The molecule has 0 fully saturated rings. The van der Waals surface area contributed by atoms with Gasteiger partial charge in [0.15, 0.2) is 0 Å². The van der Waals surface area contributed by atoms with Crippen LogP contribution in [0.25, 0.3) is 0 Å². The van der Waals surface area contributed by atoms with Crippen LogP contribution in [0, 0.1) is 0 Å². The van der Waals surface area contributed by atoms with Crippen molar-refractivity contribution in [3.8, 4) is 0 Å². The van der Waals surface area contributed by atoms with Gasteiger partial charge in [0.05, 0.1) is 27.2 Å². The summed E-state index contributed by atoms with van der Waals surface area (Å²) in [5.41, 5.74) is 0. The fourth-order valence-electron chi connectivity index (χ4n) is 5.60. The summed E-state index contributed by atoms with van der Waals surface area (Å²) in [6.45, 7) is 7.30. The zero-order valence-corrected chi connectivity index (χ0v) is 28.4. The summed E-state index contributed by atoms with van der Waals surface area (Å²) in [4.78, 5) is 0. The third-order valence-electron chi connectivity index (χ3n) is 8.49. The predicted octanol–water partition coefficient (Wildman–Crippen LogP) is 13.3. The summed E-state index contributed by atoms with van der Waals surface area (Å²) in [6.07, 6.45) is 51.6. The second kappa shape index (κ2) is 32.7. The van der Waals surface area contributed by atoms with E-state index >= 15 is 0 Å². The van der Waals surface area contributed by atoms with E-state index < -0.39 is 0 Å². The molecule has 0 radical (unpaired) electrons. The number of quaternary nitrogens is 1. The quantitative estimate of drug-likeness (QED) is 0.0437. The second-order valence-electron chi connectivity index (χ2n) is 13.3. The van der Waals surface area contributed by atoms with Crippen LogP contribution >= 0.6 is 0 Å². The lowest BCUT2D eigenvalue weighted by Crippen LogP contribution is -2.41. The summed E-state index contributed by atoms with van der Waals surface area (Å²) in [7, 11) is 4.90. The molecular formula is C39H76N+. The van der Waals surface area contributed by atoms with Crippen molar-refractivity contribution in [1.82, 2.24) is 0 Å². The third kappa shape index (κ3) is 33.4. The van der Waals surface area contributed by atoms with Crippen LogP contribution in [0.15, 0.2) is 36.5 Å². The number of allylic oxidation sites excluding steroid dienone is 6. The Morgan fingerprint density at radius 3 is 1.00 bits per heavy atom. The number of hydrogen-bond acceptors (Lipinski definition) is 0. The minimum absolute atomic E-state index is 1.12. The molecule has 0 unspecified atom stereocenters. The van der Waals surface area contributed by atoms with E-state index in [0.29, 0.717) is 0 Å². The first-order chi connectivity index (χ1) is 19.6. The number of hydrogen-bond donors (Lipinski definition) is 0. The zero-order chi connectivity index (χ0) is 29.2. The molecule has 0 N–H and O–H groups in total. The van der Waals surface area contributed by atoms with E-state index in [4.69, 9.17) is 0 Å². The molecule has 0 aromatic carbocycles. The Kier molecular flexibility index (Phi) is 32.0. The molecule has 0 atom stereocenters. The van der Waals surface area contributed by atoms with Crippen molar-refractivity contribution in [3.05, 3.63) is 36.5 Å². The molecule has 0 aromatic rings. The van der Waals surface area contributed by atoms with Crippen LogP contribution in [0.3, 0.4) is 0 Å². The Hall–Kier alpha value is -0.820. The molecule has 236 valence electrons. The van der Waals surface area contributed by atoms with Gasteiger partial charge >= 0.3 is 0 Å². The van der Waals surface area contributed by atoms with Crippen molar-refractivity contribution >= 4 is 0 Å². The molecule has 0 aliphatic rings. The molecule has 0 amide bonds. The largest absolute Gasteiger partial charge is 0.328 e. The highest BCUT2D eigenvalue weighted by Gasteiger charge is 2.13. The maximum Gasteiger partial charge on any atom is 0.0782 e. The summed E-state index contributed by atoms with van der Waals surface area (Å²) < 4.78 is 1.23. The maximum atomic E-state index is 2.45. The van der Waals surface area contributed by atoms with E-state index in [0.717, 1.165) is 6.42 Å². The molecule has 1 heteroatoms. The average Bonchev–Trinajstić information content (AvgIpc) is 2.94. The van der Waals surface area contributed by atoms with Crippen LogP contribution in [0.1, 0.15) is 187 Å². The van der Waals surface area contributed by atoms with Gasteiger partial charge in [0.1, 0.15) is 0 Å². The Morgan fingerprint density at radius 2 is 0.600 bits per heavy atom. The average molecular weight is 559 g/mol. The lowest BCUT2D eigenvalue weighted by molar-refractivity contribution is -0.890. The van der Waals surface area contributed by atoms with Gasteiger partial charge in [-0.2, -0.15) is 0 Å². The summed E-state index contributed by atoms with van der Waals surface area (Å²) in [5.74, 6) is 0. The van der Waals surface area contributed by atoms with Crippen molar-refractivity contribution in [3.63, 3.8) is 0 Å². The maximum absolute atomic E-state index is 2.45. The van der Waals surface area contributed by atoms with Crippen molar-refractivity contribution in [2.75, 3.05) is 27.2 Å². The fraction of sp³-hybridized carbons (Fsp3) is 0.846. The van der Waals surface area contributed by atoms with E-state index in [-0.39, 0.29) is 0 Å². The summed E-state index contributed by atoms with van der Waals surface area (Å²) in [5, 5.41) is 0. The van der Waals surface area contributed by atoms with Gasteiger partial charge in [-0.05, 0) is 83.5 Å². The van der Waals surface area contributed by atoms with Gasteiger partial charge in [-0.15, -0.1) is 0 Å². The zero-order valence-electron chi connectivity index (χ0n) is 28.4. The number of unbranched alkanes of at least 4 members (excludes halogenated alkanes) is 22. The molecule has 0 saturated heterocycles. The molecule has 0 aromatic heterocycles. The molecule has 0 spiro atoms. The van der Waals surface area contributed by atoms with E-state index in [1.807, 2.05) is 0 Å². The highest BCUT2D eigenvalue weighted by atomic mass is 15.3. The standard InChI is InChI=1S/C39H76N/c1-5-7-9-11-13-15-17-19-21-23-25-27-29-31-33-35-37-39-40(3,4)38-36-34-32-30-28-26-24-22-20-18-16-14-12-10-8-6-2/h14,16,19-22H,5-13,15,17-18,23-39H2,1-4H3/q+1/b16-14-,21-19-,22-20-. The predicted molar refractivity (Wildman–Crippen MR) is 185 cm³/mol. The molecule has 0 aliphatic carbocycles. The Bertz CT molecular complexity index is 555. The van der Waals surface area contributed by atoms with Crippen molar-refractivity contribution in [1.29, 1.82) is 0 Å². The molecule has 0 rings (SSSR count). The van der Waals surface area contributed by atoms with Crippen LogP contribution in [0.4, 0.5) is 0 Å². The summed E-state index contributed by atoms with van der Waals surface area (Å²) >= 11 is 0. The smallest absolute Gasteiger partial charge is 0.0782 e. The minimum atomic E-state index is 1.12. The lowest BCUT2D eigenvalue weighted by atomic mass is 10.1. The van der Waals surface area contributed by atoms with Gasteiger partial charge in [0, 0.05) is 0 Å². The summed E-state index contributed by atoms with van der Waals surface area (Å²) in [6, 6.07) is 0. The molecule has 1 nitrogen and oxygen atoms in total. The van der Waals surface area contributed by atoms with Crippen LogP contribution in [-0.4, -0.2) is 31.7 Å². The van der Waals surface area contributed by atoms with Crippen LogP contribution in [0.5, 0.6) is 0 Å². The number of rotatable bonds is 32. The Balaban J connectivity index is 3.38. The third-order valence-corrected chi connectivity index (χ3v) is 8.49. The topological polar surface area (TPSA) is 0 Å². The molecule has 40 heavy (non-hydrogen) atoms. The first kappa shape index (κ1) is 39.2. The normalized spacial score (nSPS) is 12.6. The SMILES string of the molecule is CCCCC/C=C\C/C=C\CCCCCCCC[N+](C)(C)CCCCCCCCC/C=C\CCCCCCCC. The molecule has 0 bridgehead atoms. The first-order valence-electron chi connectivity index (χ1n) is 18.4. The molecule has 0 heterocycles. The minimum Gasteiger partial charge on any atom is -0.328 e. The Labute approximate surface area is 255 Å². The van der Waals surface area contributed by atoms with Crippen molar-refractivity contribution in [2.45, 2.75) is 187 Å². The highest BCUT2D eigenvalue weighted by molar-refractivity contribution is 4.92. The fourth-order valence-corrected chi connectivity index (χ4v) is 5.60. The first-order valence-corrected chi connectivity index (χ1v) is 18.4. The van der Waals surface area contributed by atoms with Gasteiger partial charge in [0.25, 0.3) is 0 Å². The molecule has 0 aliphatic heterocycles. The molecular weight excluding hydrogens is 482 g/mol. The van der Waals surface area contributed by atoms with E-state index in [2.05, 4.69) is 64.4 Å². The Morgan fingerprint density at radius 1 is 0.325 bits per heavy atom. The van der Waals surface area contributed by atoms with Gasteiger partial charge in [-0.1, -0.05) is 140 Å². The van der Waals surface area contributed by atoms with Crippen LogP contribution in [-0.2, 0) is 0 Å². The van der Waals surface area contributed by atoms with Gasteiger partial charge in [-0.3, -0.25) is 0 Å². The van der Waals surface area contributed by atoms with Crippen molar-refractivity contribution in [2.24, 2.45) is 0 Å². The monoisotopic (exact) mass is 559 g/mol. The van der Waals surface area contributed by atoms with Gasteiger partial charge in [-0.25, -0.2) is 0 Å². The van der Waals surface area contributed by atoms with Crippen molar-refractivity contribution < 1.29 is 4.48 Å². The van der Waals surface area contributed by atoms with E-state index in [1.165, 1.54) is 185 Å². The molecule has 0 saturated carbocycles. The van der Waals surface area contributed by atoms with E-state index in [1.54, 1.807) is 0 Å². The van der Waals surface area contributed by atoms with Crippen LogP contribution < -0.4 is 0 Å². The van der Waals surface area contributed by atoms with Crippen LogP contribution in [0.2, 0.25) is 0 Å². The van der Waals surface area contributed by atoms with E-state index in [9.17, 15) is 0 Å². The highest BCUT2D eigenvalue weighted by Crippen LogP contribution is 2.14. The van der Waals surface area contributed by atoms with Gasteiger partial charge in [0.2, 0.25) is 0 Å². The second-order valence-corrected chi connectivity index (χ2v) is 13.3. The number of nitrogens with zero attached hydrogens (tertiary/aromatic N) is 1. The lowest BCUT2D eigenvalue weighted by Gasteiger charge is -2.30. The van der Waals surface area contributed by atoms with Gasteiger partial charge < -0.3 is 4.48 Å².